The minimum absolute atomic E-state index is 0.227. The highest BCUT2D eigenvalue weighted by Gasteiger charge is 2.43. The Morgan fingerprint density at radius 2 is 2.00 bits per heavy atom. The molecular formula is C19H37N3O2. The van der Waals surface area contributed by atoms with E-state index in [1.807, 2.05) is 7.11 Å². The van der Waals surface area contributed by atoms with E-state index < -0.39 is 0 Å². The Bertz CT molecular complexity index is 391. The summed E-state index contributed by atoms with van der Waals surface area (Å²) in [5.41, 5.74) is 0. The van der Waals surface area contributed by atoms with Gasteiger partial charge in [-0.3, -0.25) is 5.32 Å². The molecule has 1 aliphatic carbocycles. The highest BCUT2D eigenvalue weighted by atomic mass is 16.5. The van der Waals surface area contributed by atoms with Crippen LogP contribution in [0, 0.1) is 17.8 Å². The molecule has 0 spiro atoms. The molecule has 2 aliphatic heterocycles. The van der Waals surface area contributed by atoms with Crippen LogP contribution in [0.2, 0.25) is 0 Å². The fourth-order valence-corrected chi connectivity index (χ4v) is 4.82. The number of methoxy groups -OCH3 is 1. The zero-order valence-electron chi connectivity index (χ0n) is 16.0. The maximum Gasteiger partial charge on any atom is 0.0851 e. The van der Waals surface area contributed by atoms with Gasteiger partial charge in [-0.15, -0.1) is 0 Å². The third-order valence-electron chi connectivity index (χ3n) is 6.44. The fourth-order valence-electron chi connectivity index (χ4n) is 4.82. The van der Waals surface area contributed by atoms with Crippen molar-refractivity contribution >= 4 is 0 Å². The lowest BCUT2D eigenvalue weighted by atomic mass is 9.71. The van der Waals surface area contributed by atoms with Crippen LogP contribution < -0.4 is 10.6 Å². The van der Waals surface area contributed by atoms with Gasteiger partial charge in [0.05, 0.1) is 25.0 Å². The number of fused-ring (bicyclic) bond motifs is 1. The van der Waals surface area contributed by atoms with Gasteiger partial charge in [0.1, 0.15) is 0 Å². The molecule has 24 heavy (non-hydrogen) atoms. The summed E-state index contributed by atoms with van der Waals surface area (Å²) in [5, 5.41) is 7.20. The predicted octanol–water partition coefficient (Wildman–Crippen LogP) is 1.68. The molecule has 5 heteroatoms. The molecule has 0 bridgehead atoms. The van der Waals surface area contributed by atoms with Crippen molar-refractivity contribution in [1.29, 1.82) is 0 Å². The monoisotopic (exact) mass is 339 g/mol. The van der Waals surface area contributed by atoms with E-state index in [-0.39, 0.29) is 12.2 Å². The molecule has 0 amide bonds. The van der Waals surface area contributed by atoms with E-state index in [9.17, 15) is 0 Å². The van der Waals surface area contributed by atoms with Gasteiger partial charge >= 0.3 is 0 Å². The number of ether oxygens (including phenoxy) is 2. The Kier molecular flexibility index (Phi) is 6.55. The molecule has 2 saturated heterocycles. The SMILES string of the molecule is CNC1CC(C)C2CC(OC)C(OC[C@H](C)CN3CCC3)CC2N1. The molecule has 5 nitrogen and oxygen atoms in total. The van der Waals surface area contributed by atoms with Gasteiger partial charge in [0.25, 0.3) is 0 Å². The fraction of sp³-hybridized carbons (Fsp3) is 1.00. The summed E-state index contributed by atoms with van der Waals surface area (Å²) in [6.45, 7) is 9.27. The van der Waals surface area contributed by atoms with E-state index in [1.165, 1.54) is 32.5 Å². The second kappa shape index (κ2) is 8.45. The Hall–Kier alpha value is -0.200. The number of hydrogen-bond donors (Lipinski definition) is 2. The second-order valence-electron chi connectivity index (χ2n) is 8.37. The normalized spacial score (nSPS) is 41.5. The van der Waals surface area contributed by atoms with Gasteiger partial charge in [0, 0.05) is 19.7 Å². The summed E-state index contributed by atoms with van der Waals surface area (Å²) in [5.74, 6) is 2.04. The molecule has 0 aromatic rings. The van der Waals surface area contributed by atoms with E-state index in [2.05, 4.69) is 36.4 Å². The summed E-state index contributed by atoms with van der Waals surface area (Å²) < 4.78 is 12.2. The third-order valence-corrected chi connectivity index (χ3v) is 6.44. The minimum Gasteiger partial charge on any atom is -0.379 e. The van der Waals surface area contributed by atoms with Crippen molar-refractivity contribution in [2.24, 2.45) is 17.8 Å². The first-order chi connectivity index (χ1) is 11.6. The first-order valence-electron chi connectivity index (χ1n) is 9.90. The second-order valence-corrected chi connectivity index (χ2v) is 8.37. The van der Waals surface area contributed by atoms with Crippen molar-refractivity contribution in [3.8, 4) is 0 Å². The van der Waals surface area contributed by atoms with Gasteiger partial charge in [0.2, 0.25) is 0 Å². The smallest absolute Gasteiger partial charge is 0.0851 e. The number of nitrogens with zero attached hydrogens (tertiary/aromatic N) is 1. The highest BCUT2D eigenvalue weighted by molar-refractivity contribution is 4.97. The van der Waals surface area contributed by atoms with E-state index in [0.29, 0.717) is 24.0 Å². The van der Waals surface area contributed by atoms with Gasteiger partial charge in [-0.05, 0) is 63.6 Å². The van der Waals surface area contributed by atoms with Gasteiger partial charge in [-0.2, -0.15) is 0 Å². The Morgan fingerprint density at radius 3 is 2.62 bits per heavy atom. The number of nitrogens with one attached hydrogen (secondary N) is 2. The van der Waals surface area contributed by atoms with Crippen LogP contribution in [0.25, 0.3) is 0 Å². The van der Waals surface area contributed by atoms with Crippen molar-refractivity contribution in [3.05, 3.63) is 0 Å². The maximum atomic E-state index is 6.36. The molecule has 1 saturated carbocycles. The Morgan fingerprint density at radius 1 is 1.21 bits per heavy atom. The van der Waals surface area contributed by atoms with Crippen LogP contribution >= 0.6 is 0 Å². The average molecular weight is 340 g/mol. The molecule has 0 radical (unpaired) electrons. The zero-order valence-corrected chi connectivity index (χ0v) is 16.0. The van der Waals surface area contributed by atoms with E-state index in [1.54, 1.807) is 0 Å². The molecular weight excluding hydrogens is 302 g/mol. The number of rotatable bonds is 7. The van der Waals surface area contributed by atoms with E-state index >= 15 is 0 Å². The van der Waals surface area contributed by atoms with Crippen molar-refractivity contribution < 1.29 is 9.47 Å². The van der Waals surface area contributed by atoms with Crippen molar-refractivity contribution in [3.63, 3.8) is 0 Å². The van der Waals surface area contributed by atoms with Crippen molar-refractivity contribution in [1.82, 2.24) is 15.5 Å². The van der Waals surface area contributed by atoms with Crippen LogP contribution in [0.3, 0.4) is 0 Å². The molecule has 2 heterocycles. The van der Waals surface area contributed by atoms with Crippen LogP contribution in [0.5, 0.6) is 0 Å². The molecule has 7 atom stereocenters. The van der Waals surface area contributed by atoms with Crippen molar-refractivity contribution in [2.45, 2.75) is 63.9 Å². The predicted molar refractivity (Wildman–Crippen MR) is 97.0 cm³/mol. The molecule has 0 aromatic carbocycles. The Labute approximate surface area is 147 Å². The topological polar surface area (TPSA) is 45.8 Å². The number of likely N-dealkylation sites (tertiary alicyclic amines) is 1. The molecule has 0 aromatic heterocycles. The molecule has 3 rings (SSSR count). The molecule has 140 valence electrons. The zero-order chi connectivity index (χ0) is 17.1. The van der Waals surface area contributed by atoms with Crippen molar-refractivity contribution in [2.75, 3.05) is 40.4 Å². The van der Waals surface area contributed by atoms with E-state index in [4.69, 9.17) is 9.47 Å². The van der Waals surface area contributed by atoms with Gasteiger partial charge in [0.15, 0.2) is 0 Å². The maximum absolute atomic E-state index is 6.36. The number of hydrogen-bond acceptors (Lipinski definition) is 5. The summed E-state index contributed by atoms with van der Waals surface area (Å²) in [4.78, 5) is 2.53. The average Bonchev–Trinajstić information content (AvgIpc) is 2.55. The lowest BCUT2D eigenvalue weighted by Gasteiger charge is -2.48. The Balaban J connectivity index is 1.52. The van der Waals surface area contributed by atoms with Crippen LogP contribution in [-0.2, 0) is 9.47 Å². The van der Waals surface area contributed by atoms with Crippen LogP contribution in [0.15, 0.2) is 0 Å². The lowest BCUT2D eigenvalue weighted by Crippen LogP contribution is -2.60. The van der Waals surface area contributed by atoms with Gasteiger partial charge in [-0.1, -0.05) is 13.8 Å². The first-order valence-corrected chi connectivity index (χ1v) is 9.90. The van der Waals surface area contributed by atoms with Crippen LogP contribution in [0.1, 0.15) is 39.5 Å². The van der Waals surface area contributed by atoms with Crippen LogP contribution in [-0.4, -0.2) is 69.7 Å². The molecule has 3 fully saturated rings. The summed E-state index contributed by atoms with van der Waals surface area (Å²) in [6.07, 6.45) is 5.67. The highest BCUT2D eigenvalue weighted by Crippen LogP contribution is 2.38. The molecule has 2 N–H and O–H groups in total. The first kappa shape index (κ1) is 18.6. The van der Waals surface area contributed by atoms with E-state index in [0.717, 1.165) is 25.4 Å². The number of piperidine rings is 1. The van der Waals surface area contributed by atoms with Gasteiger partial charge < -0.3 is 19.7 Å². The standard InChI is InChI=1S/C19H37N3O2/c1-13(11-22-6-5-7-22)12-24-18-10-16-15(9-17(18)23-4)14(2)8-19(20-3)21-16/h13-21H,5-12H2,1-4H3/t13-,14?,15?,16?,17?,18?,19?/m1/s1. The lowest BCUT2D eigenvalue weighted by molar-refractivity contribution is -0.116. The quantitative estimate of drug-likeness (QED) is 0.739. The largest absolute Gasteiger partial charge is 0.379 e. The summed E-state index contributed by atoms with van der Waals surface area (Å²) >= 11 is 0. The minimum atomic E-state index is 0.227. The van der Waals surface area contributed by atoms with Gasteiger partial charge in [-0.25, -0.2) is 0 Å². The molecule has 6 unspecified atom stereocenters. The summed E-state index contributed by atoms with van der Waals surface area (Å²) in [6, 6.07) is 0.549. The molecule has 3 aliphatic rings. The summed E-state index contributed by atoms with van der Waals surface area (Å²) in [7, 11) is 3.90. The van der Waals surface area contributed by atoms with Crippen LogP contribution in [0.4, 0.5) is 0 Å². The third kappa shape index (κ3) is 4.31.